The van der Waals surface area contributed by atoms with Crippen LogP contribution in [0, 0.1) is 0 Å². The SMILES string of the molecule is CCC(=O)Cc1c(OC)ccc2ccccc12.[NaH]. The van der Waals surface area contributed by atoms with Gasteiger partial charge in [0.15, 0.2) is 0 Å². The summed E-state index contributed by atoms with van der Waals surface area (Å²) in [5, 5.41) is 2.25. The molecular formula is C15H17NaO2. The first-order valence-electron chi connectivity index (χ1n) is 5.82. The van der Waals surface area contributed by atoms with Crippen molar-refractivity contribution < 1.29 is 9.53 Å². The predicted octanol–water partition coefficient (Wildman–Crippen LogP) is 2.72. The van der Waals surface area contributed by atoms with Crippen molar-refractivity contribution >= 4 is 46.1 Å². The van der Waals surface area contributed by atoms with Crippen LogP contribution in [0.25, 0.3) is 10.8 Å². The summed E-state index contributed by atoms with van der Waals surface area (Å²) in [7, 11) is 1.64. The van der Waals surface area contributed by atoms with Gasteiger partial charge in [0, 0.05) is 18.4 Å². The van der Waals surface area contributed by atoms with Gasteiger partial charge in [-0.25, -0.2) is 0 Å². The van der Waals surface area contributed by atoms with Crippen molar-refractivity contribution in [3.63, 3.8) is 0 Å². The molecule has 0 N–H and O–H groups in total. The van der Waals surface area contributed by atoms with Crippen molar-refractivity contribution in [2.24, 2.45) is 0 Å². The van der Waals surface area contributed by atoms with Crippen LogP contribution in [0.1, 0.15) is 18.9 Å². The Morgan fingerprint density at radius 3 is 2.56 bits per heavy atom. The number of ketones is 1. The first kappa shape index (κ1) is 15.2. The molecule has 0 bridgehead atoms. The molecule has 2 nitrogen and oxygen atoms in total. The zero-order valence-corrected chi connectivity index (χ0v) is 10.2. The second kappa shape index (κ2) is 6.93. The second-order valence-electron chi connectivity index (χ2n) is 4.04. The number of hydrogen-bond donors (Lipinski definition) is 0. The number of fused-ring (bicyclic) bond motifs is 1. The van der Waals surface area contributed by atoms with Crippen LogP contribution in [-0.4, -0.2) is 42.5 Å². The Morgan fingerprint density at radius 2 is 1.89 bits per heavy atom. The van der Waals surface area contributed by atoms with Gasteiger partial charge >= 0.3 is 29.6 Å². The van der Waals surface area contributed by atoms with Gasteiger partial charge in [0.1, 0.15) is 11.5 Å². The van der Waals surface area contributed by atoms with Crippen LogP contribution < -0.4 is 4.74 Å². The van der Waals surface area contributed by atoms with Gasteiger partial charge in [-0.1, -0.05) is 37.3 Å². The number of carbonyl (C=O) groups is 1. The zero-order chi connectivity index (χ0) is 12.3. The minimum absolute atomic E-state index is 0. The van der Waals surface area contributed by atoms with E-state index in [-0.39, 0.29) is 35.3 Å². The molecule has 0 aromatic heterocycles. The average Bonchev–Trinajstić information content (AvgIpc) is 2.39. The molecule has 0 aliphatic rings. The Labute approximate surface area is 130 Å². The summed E-state index contributed by atoms with van der Waals surface area (Å²) in [6.07, 6.45) is 1.01. The van der Waals surface area contributed by atoms with Gasteiger partial charge in [-0.05, 0) is 16.8 Å². The first-order valence-corrected chi connectivity index (χ1v) is 5.82. The number of carbonyl (C=O) groups excluding carboxylic acids is 1. The van der Waals surface area contributed by atoms with E-state index in [1.54, 1.807) is 7.11 Å². The summed E-state index contributed by atoms with van der Waals surface area (Å²) < 4.78 is 5.35. The van der Waals surface area contributed by atoms with Crippen LogP contribution in [0.4, 0.5) is 0 Å². The predicted molar refractivity (Wildman–Crippen MR) is 76.7 cm³/mol. The third-order valence-corrected chi connectivity index (χ3v) is 2.99. The van der Waals surface area contributed by atoms with E-state index in [2.05, 4.69) is 6.07 Å². The molecule has 0 spiro atoms. The molecule has 0 saturated carbocycles. The van der Waals surface area contributed by atoms with Crippen LogP contribution in [-0.2, 0) is 11.2 Å². The molecule has 2 aromatic carbocycles. The van der Waals surface area contributed by atoms with Crippen LogP contribution in [0.3, 0.4) is 0 Å². The molecule has 2 rings (SSSR count). The maximum atomic E-state index is 11.6. The van der Waals surface area contributed by atoms with Gasteiger partial charge in [-0.15, -0.1) is 0 Å². The molecule has 18 heavy (non-hydrogen) atoms. The molecule has 0 atom stereocenters. The van der Waals surface area contributed by atoms with Gasteiger partial charge in [0.05, 0.1) is 7.11 Å². The van der Waals surface area contributed by atoms with Gasteiger partial charge in [0.25, 0.3) is 0 Å². The van der Waals surface area contributed by atoms with Crippen molar-refractivity contribution in [2.75, 3.05) is 7.11 Å². The monoisotopic (exact) mass is 252 g/mol. The van der Waals surface area contributed by atoms with Gasteiger partial charge in [-0.2, -0.15) is 0 Å². The molecule has 0 aliphatic carbocycles. The summed E-state index contributed by atoms with van der Waals surface area (Å²) in [4.78, 5) is 11.6. The quantitative estimate of drug-likeness (QED) is 0.782. The van der Waals surface area contributed by atoms with E-state index < -0.39 is 0 Å². The van der Waals surface area contributed by atoms with E-state index in [1.165, 1.54) is 0 Å². The van der Waals surface area contributed by atoms with E-state index >= 15 is 0 Å². The molecule has 0 unspecified atom stereocenters. The van der Waals surface area contributed by atoms with Crippen molar-refractivity contribution in [3.05, 3.63) is 42.0 Å². The third-order valence-electron chi connectivity index (χ3n) is 2.99. The molecule has 0 aliphatic heterocycles. The summed E-state index contributed by atoms with van der Waals surface area (Å²) in [6.45, 7) is 1.89. The van der Waals surface area contributed by atoms with E-state index in [0.717, 1.165) is 22.1 Å². The summed E-state index contributed by atoms with van der Waals surface area (Å²) >= 11 is 0. The standard InChI is InChI=1S/C15H16O2.Na.H/c1-3-12(16)10-14-13-7-5-4-6-11(13)8-9-15(14)17-2;;/h4-9H,3,10H2,1-2H3;;. The number of benzene rings is 2. The molecule has 0 radical (unpaired) electrons. The molecule has 2 aromatic rings. The fourth-order valence-electron chi connectivity index (χ4n) is 2.01. The zero-order valence-electron chi connectivity index (χ0n) is 10.2. The van der Waals surface area contributed by atoms with Crippen molar-refractivity contribution in [3.8, 4) is 5.75 Å². The molecule has 0 heterocycles. The van der Waals surface area contributed by atoms with Crippen LogP contribution in [0.5, 0.6) is 5.75 Å². The first-order chi connectivity index (χ1) is 8.26. The Balaban J connectivity index is 0.00000162. The van der Waals surface area contributed by atoms with Crippen LogP contribution >= 0.6 is 0 Å². The van der Waals surface area contributed by atoms with Gasteiger partial charge in [0.2, 0.25) is 0 Å². The Morgan fingerprint density at radius 1 is 1.17 bits per heavy atom. The van der Waals surface area contributed by atoms with Crippen molar-refractivity contribution in [2.45, 2.75) is 19.8 Å². The molecule has 0 fully saturated rings. The molecule has 90 valence electrons. The molecule has 0 saturated heterocycles. The fourth-order valence-corrected chi connectivity index (χ4v) is 2.01. The van der Waals surface area contributed by atoms with Gasteiger partial charge < -0.3 is 4.74 Å². The Bertz CT molecular complexity index is 549. The van der Waals surface area contributed by atoms with E-state index in [1.807, 2.05) is 37.3 Å². The van der Waals surface area contributed by atoms with Crippen molar-refractivity contribution in [1.82, 2.24) is 0 Å². The molecular weight excluding hydrogens is 235 g/mol. The third kappa shape index (κ3) is 3.14. The minimum atomic E-state index is 0. The Kier molecular flexibility index (Phi) is 5.86. The maximum absolute atomic E-state index is 11.6. The topological polar surface area (TPSA) is 26.3 Å². The van der Waals surface area contributed by atoms with E-state index in [4.69, 9.17) is 4.74 Å². The number of methoxy groups -OCH3 is 1. The normalized spacial score (nSPS) is 9.89. The molecule has 3 heteroatoms. The average molecular weight is 252 g/mol. The van der Waals surface area contributed by atoms with E-state index in [0.29, 0.717) is 12.8 Å². The van der Waals surface area contributed by atoms with E-state index in [9.17, 15) is 4.79 Å². The van der Waals surface area contributed by atoms with Crippen LogP contribution in [0.2, 0.25) is 0 Å². The number of ether oxygens (including phenoxy) is 1. The van der Waals surface area contributed by atoms with Crippen molar-refractivity contribution in [1.29, 1.82) is 0 Å². The summed E-state index contributed by atoms with van der Waals surface area (Å²) in [6, 6.07) is 12.0. The van der Waals surface area contributed by atoms with Gasteiger partial charge in [-0.3, -0.25) is 4.79 Å². The fraction of sp³-hybridized carbons (Fsp3) is 0.267. The number of rotatable bonds is 4. The summed E-state index contributed by atoms with van der Waals surface area (Å²) in [5.74, 6) is 1.03. The Hall–Kier alpha value is -0.830. The summed E-state index contributed by atoms with van der Waals surface area (Å²) in [5.41, 5.74) is 0.998. The number of Topliss-reactive ketones (excluding diaryl/α,β-unsaturated/α-hetero) is 1. The second-order valence-corrected chi connectivity index (χ2v) is 4.04. The molecule has 0 amide bonds. The van der Waals surface area contributed by atoms with Crippen LogP contribution in [0.15, 0.2) is 36.4 Å². The number of hydrogen-bond acceptors (Lipinski definition) is 2.